The van der Waals surface area contributed by atoms with Crippen LogP contribution in [0.1, 0.15) is 6.42 Å². The van der Waals surface area contributed by atoms with E-state index in [1.54, 1.807) is 12.2 Å². The van der Waals surface area contributed by atoms with Gasteiger partial charge in [-0.1, -0.05) is 43.0 Å². The molecule has 0 unspecified atom stereocenters. The number of rotatable bonds is 3. The first-order valence-corrected chi connectivity index (χ1v) is 3.33. The molecule has 0 aliphatic rings. The molecule has 0 amide bonds. The molecule has 1 N–H and O–H groups in total. The van der Waals surface area contributed by atoms with Crippen LogP contribution in [-0.4, -0.2) is 11.1 Å². The van der Waals surface area contributed by atoms with Gasteiger partial charge >= 0.3 is 5.97 Å². The maximum atomic E-state index is 9.65. The van der Waals surface area contributed by atoms with E-state index in [1.165, 1.54) is 11.6 Å². The van der Waals surface area contributed by atoms with E-state index in [2.05, 4.69) is 13.2 Å². The van der Waals surface area contributed by atoms with Gasteiger partial charge in [0.2, 0.25) is 0 Å². The van der Waals surface area contributed by atoms with E-state index in [4.69, 9.17) is 16.7 Å². The summed E-state index contributed by atoms with van der Waals surface area (Å²) < 4.78 is 0. The quantitative estimate of drug-likeness (QED) is 0.668. The number of hydrogen-bond donors (Lipinski definition) is 1. The van der Waals surface area contributed by atoms with Gasteiger partial charge in [0.1, 0.15) is 0 Å². The third kappa shape index (κ3) is 27.6. The Balaban J connectivity index is 0. The smallest absolute Gasteiger partial charge is 0.307 e. The van der Waals surface area contributed by atoms with Crippen LogP contribution in [0.5, 0.6) is 0 Å². The Morgan fingerprint density at radius 3 is 2.00 bits per heavy atom. The number of halogens is 1. The zero-order valence-electron chi connectivity index (χ0n) is 6.16. The first kappa shape index (κ1) is 12.6. The van der Waals surface area contributed by atoms with Crippen molar-refractivity contribution in [2.45, 2.75) is 6.42 Å². The number of carboxylic acid groups (broad SMARTS) is 1. The molecule has 0 saturated heterocycles. The molecule has 0 aromatic heterocycles. The standard InChI is InChI=1S/C4H5ClO2.C4H6/c5-3-1-2-4(6)7;1-3-4-2/h1,3H,2H2,(H,6,7);3-4H,1-2H2. The van der Waals surface area contributed by atoms with E-state index in [-0.39, 0.29) is 6.42 Å². The Labute approximate surface area is 71.5 Å². The lowest BCUT2D eigenvalue weighted by molar-refractivity contribution is -0.135. The van der Waals surface area contributed by atoms with Crippen molar-refractivity contribution >= 4 is 17.6 Å². The lowest BCUT2D eigenvalue weighted by Gasteiger charge is -1.76. The predicted octanol–water partition coefficient (Wildman–Crippen LogP) is 2.57. The zero-order valence-corrected chi connectivity index (χ0v) is 6.92. The van der Waals surface area contributed by atoms with Crippen LogP contribution in [0.25, 0.3) is 0 Å². The average molecular weight is 175 g/mol. The minimum absolute atomic E-state index is 0.00347. The van der Waals surface area contributed by atoms with Crippen molar-refractivity contribution in [3.63, 3.8) is 0 Å². The van der Waals surface area contributed by atoms with Gasteiger partial charge in [-0.2, -0.15) is 0 Å². The van der Waals surface area contributed by atoms with Gasteiger partial charge in [-0.3, -0.25) is 4.79 Å². The second kappa shape index (κ2) is 11.7. The van der Waals surface area contributed by atoms with Crippen molar-refractivity contribution < 1.29 is 9.90 Å². The Morgan fingerprint density at radius 1 is 1.45 bits per heavy atom. The summed E-state index contributed by atoms with van der Waals surface area (Å²) in [6.07, 6.45) is 4.65. The summed E-state index contributed by atoms with van der Waals surface area (Å²) in [6, 6.07) is 0. The first-order valence-electron chi connectivity index (χ1n) is 2.89. The summed E-state index contributed by atoms with van der Waals surface area (Å²) in [5.41, 5.74) is 1.19. The third-order valence-electron chi connectivity index (χ3n) is 0.548. The van der Waals surface area contributed by atoms with Gasteiger partial charge in [-0.15, -0.1) is 0 Å². The van der Waals surface area contributed by atoms with Crippen LogP contribution >= 0.6 is 11.6 Å². The van der Waals surface area contributed by atoms with Crippen molar-refractivity contribution in [3.05, 3.63) is 36.9 Å². The third-order valence-corrected chi connectivity index (χ3v) is 0.726. The van der Waals surface area contributed by atoms with E-state index in [0.717, 1.165) is 0 Å². The number of hydrogen-bond acceptors (Lipinski definition) is 1. The van der Waals surface area contributed by atoms with Gasteiger partial charge in [-0.05, 0) is 0 Å². The van der Waals surface area contributed by atoms with E-state index in [9.17, 15) is 4.79 Å². The molecule has 0 aromatic rings. The Kier molecular flexibility index (Phi) is 13.5. The lowest BCUT2D eigenvalue weighted by atomic mass is 10.4. The number of carboxylic acids is 1. The van der Waals surface area contributed by atoms with Crippen molar-refractivity contribution in [1.82, 2.24) is 0 Å². The Morgan fingerprint density at radius 2 is 1.91 bits per heavy atom. The van der Waals surface area contributed by atoms with Crippen molar-refractivity contribution in [2.24, 2.45) is 0 Å². The van der Waals surface area contributed by atoms with Crippen LogP contribution in [0.15, 0.2) is 36.9 Å². The molecular formula is C8H11ClO2. The van der Waals surface area contributed by atoms with E-state index >= 15 is 0 Å². The van der Waals surface area contributed by atoms with Crippen molar-refractivity contribution in [3.8, 4) is 0 Å². The summed E-state index contributed by atoms with van der Waals surface area (Å²) in [5, 5.41) is 7.93. The molecule has 0 aliphatic heterocycles. The second-order valence-electron chi connectivity index (χ2n) is 1.43. The molecule has 0 rings (SSSR count). The van der Waals surface area contributed by atoms with Gasteiger partial charge in [0.25, 0.3) is 0 Å². The molecule has 62 valence electrons. The van der Waals surface area contributed by atoms with Crippen LogP contribution < -0.4 is 0 Å². The molecule has 0 atom stereocenters. The van der Waals surface area contributed by atoms with Crippen molar-refractivity contribution in [1.29, 1.82) is 0 Å². The molecule has 0 spiro atoms. The lowest BCUT2D eigenvalue weighted by Crippen LogP contribution is -1.88. The summed E-state index contributed by atoms with van der Waals surface area (Å²) in [5.74, 6) is -0.864. The maximum absolute atomic E-state index is 9.65. The molecule has 11 heavy (non-hydrogen) atoms. The van der Waals surface area contributed by atoms with Crippen LogP contribution in [0.3, 0.4) is 0 Å². The van der Waals surface area contributed by atoms with Crippen LogP contribution in [0, 0.1) is 0 Å². The summed E-state index contributed by atoms with van der Waals surface area (Å²) >= 11 is 5.00. The Bertz CT molecular complexity index is 144. The summed E-state index contributed by atoms with van der Waals surface area (Å²) in [4.78, 5) is 9.65. The molecule has 0 heterocycles. The minimum Gasteiger partial charge on any atom is -0.481 e. The molecular weight excluding hydrogens is 164 g/mol. The average Bonchev–Trinajstić information content (AvgIpc) is 2.01. The summed E-state index contributed by atoms with van der Waals surface area (Å²) in [6.45, 7) is 6.72. The number of carbonyl (C=O) groups is 1. The molecule has 3 heteroatoms. The minimum atomic E-state index is -0.864. The first-order chi connectivity index (χ1) is 5.18. The SMILES string of the molecule is C=CC=C.O=C(O)CC=CCl. The predicted molar refractivity (Wildman–Crippen MR) is 47.6 cm³/mol. The van der Waals surface area contributed by atoms with Crippen LogP contribution in [-0.2, 0) is 4.79 Å². The van der Waals surface area contributed by atoms with E-state index < -0.39 is 5.97 Å². The molecule has 0 fully saturated rings. The number of aliphatic carboxylic acids is 1. The fraction of sp³-hybridized carbons (Fsp3) is 0.125. The molecule has 0 aliphatic carbocycles. The topological polar surface area (TPSA) is 37.3 Å². The molecule has 0 saturated carbocycles. The van der Waals surface area contributed by atoms with Crippen molar-refractivity contribution in [2.75, 3.05) is 0 Å². The molecule has 2 nitrogen and oxygen atoms in total. The normalized spacial score (nSPS) is 8.09. The largest absolute Gasteiger partial charge is 0.481 e. The highest BCUT2D eigenvalue weighted by atomic mass is 35.5. The van der Waals surface area contributed by atoms with Gasteiger partial charge in [0, 0.05) is 5.54 Å². The van der Waals surface area contributed by atoms with E-state index in [1.807, 2.05) is 0 Å². The van der Waals surface area contributed by atoms with Crippen LogP contribution in [0.2, 0.25) is 0 Å². The van der Waals surface area contributed by atoms with Gasteiger partial charge < -0.3 is 5.11 Å². The maximum Gasteiger partial charge on any atom is 0.307 e. The number of allylic oxidation sites excluding steroid dienone is 2. The Hall–Kier alpha value is -1.02. The fourth-order valence-electron chi connectivity index (χ4n) is 0.145. The second-order valence-corrected chi connectivity index (χ2v) is 1.68. The monoisotopic (exact) mass is 174 g/mol. The molecule has 0 radical (unpaired) electrons. The highest BCUT2D eigenvalue weighted by Crippen LogP contribution is 1.83. The summed E-state index contributed by atoms with van der Waals surface area (Å²) in [7, 11) is 0. The van der Waals surface area contributed by atoms with Gasteiger partial charge in [0.15, 0.2) is 0 Å². The highest BCUT2D eigenvalue weighted by Gasteiger charge is 1.85. The van der Waals surface area contributed by atoms with Gasteiger partial charge in [-0.25, -0.2) is 0 Å². The molecule has 0 aromatic carbocycles. The fourth-order valence-corrected chi connectivity index (χ4v) is 0.234. The van der Waals surface area contributed by atoms with E-state index in [0.29, 0.717) is 0 Å². The molecule has 0 bridgehead atoms. The van der Waals surface area contributed by atoms with Crippen LogP contribution in [0.4, 0.5) is 0 Å². The van der Waals surface area contributed by atoms with Gasteiger partial charge in [0.05, 0.1) is 6.42 Å². The highest BCUT2D eigenvalue weighted by molar-refractivity contribution is 6.25. The zero-order chi connectivity index (χ0) is 9.11.